The van der Waals surface area contributed by atoms with Gasteiger partial charge in [0.05, 0.1) is 18.1 Å². The van der Waals surface area contributed by atoms with E-state index in [1.54, 1.807) is 18.2 Å². The van der Waals surface area contributed by atoms with Crippen LogP contribution in [-0.2, 0) is 4.79 Å². The second-order valence-electron chi connectivity index (χ2n) is 5.09. The first kappa shape index (κ1) is 18.7. The Morgan fingerprint density at radius 2 is 2.00 bits per heavy atom. The average molecular weight is 364 g/mol. The van der Waals surface area contributed by atoms with Crippen LogP contribution in [0.4, 0.5) is 15.8 Å². The van der Waals surface area contributed by atoms with Gasteiger partial charge in [-0.1, -0.05) is 0 Å². The molecule has 0 fully saturated rings. The highest BCUT2D eigenvalue weighted by atomic mass is 32.2. The minimum Gasteiger partial charge on any atom is -0.496 e. The van der Waals surface area contributed by atoms with Gasteiger partial charge in [-0.15, -0.1) is 11.8 Å². The molecule has 2 aromatic rings. The monoisotopic (exact) mass is 364 g/mol. The molecular formula is C17H17FN2O4S. The Kier molecular flexibility index (Phi) is 6.76. The summed E-state index contributed by atoms with van der Waals surface area (Å²) < 4.78 is 17.8. The lowest BCUT2D eigenvalue weighted by molar-refractivity contribution is -0.384. The Morgan fingerprint density at radius 1 is 1.28 bits per heavy atom. The number of hydrogen-bond acceptors (Lipinski definition) is 5. The highest BCUT2D eigenvalue weighted by Crippen LogP contribution is 2.29. The van der Waals surface area contributed by atoms with Gasteiger partial charge in [-0.05, 0) is 48.6 Å². The molecule has 2 aromatic carbocycles. The van der Waals surface area contributed by atoms with E-state index in [0.717, 1.165) is 4.90 Å². The Morgan fingerprint density at radius 3 is 2.64 bits per heavy atom. The first-order valence-electron chi connectivity index (χ1n) is 7.50. The van der Waals surface area contributed by atoms with E-state index < -0.39 is 4.92 Å². The molecule has 0 bridgehead atoms. The number of amides is 1. The van der Waals surface area contributed by atoms with Crippen LogP contribution in [0.1, 0.15) is 12.8 Å². The number of rotatable bonds is 8. The number of nitrogens with one attached hydrogen (secondary N) is 1. The molecule has 1 N–H and O–H groups in total. The molecule has 0 radical (unpaired) electrons. The lowest BCUT2D eigenvalue weighted by atomic mass is 10.2. The van der Waals surface area contributed by atoms with Crippen molar-refractivity contribution >= 4 is 29.0 Å². The van der Waals surface area contributed by atoms with E-state index in [9.17, 15) is 19.3 Å². The van der Waals surface area contributed by atoms with Gasteiger partial charge in [0.2, 0.25) is 5.91 Å². The number of benzene rings is 2. The fourth-order valence-electron chi connectivity index (χ4n) is 2.06. The van der Waals surface area contributed by atoms with Crippen LogP contribution in [-0.4, -0.2) is 23.7 Å². The number of nitrogens with zero attached hydrogens (tertiary/aromatic N) is 1. The summed E-state index contributed by atoms with van der Waals surface area (Å²) in [5, 5.41) is 13.6. The first-order valence-corrected chi connectivity index (χ1v) is 8.49. The maximum atomic E-state index is 12.8. The lowest BCUT2D eigenvalue weighted by Gasteiger charge is -2.07. The summed E-state index contributed by atoms with van der Waals surface area (Å²) in [6, 6.07) is 10.4. The normalized spacial score (nSPS) is 10.3. The zero-order chi connectivity index (χ0) is 18.2. The largest absolute Gasteiger partial charge is 0.496 e. The minimum atomic E-state index is -0.567. The molecule has 0 aliphatic carbocycles. The van der Waals surface area contributed by atoms with Crippen molar-refractivity contribution in [2.75, 3.05) is 18.2 Å². The number of anilines is 1. The fourth-order valence-corrected chi connectivity index (χ4v) is 2.91. The third-order valence-corrected chi connectivity index (χ3v) is 4.40. The van der Waals surface area contributed by atoms with Crippen LogP contribution in [0.15, 0.2) is 47.4 Å². The summed E-state index contributed by atoms with van der Waals surface area (Å²) in [6.07, 6.45) is 0.829. The molecule has 0 saturated carbocycles. The smallest absolute Gasteiger partial charge is 0.296 e. The second kappa shape index (κ2) is 9.03. The first-order chi connectivity index (χ1) is 12.0. The third kappa shape index (κ3) is 5.75. The fraction of sp³-hybridized carbons (Fsp3) is 0.235. The molecule has 0 aliphatic rings. The molecule has 0 spiro atoms. The van der Waals surface area contributed by atoms with Crippen LogP contribution in [0.3, 0.4) is 0 Å². The van der Waals surface area contributed by atoms with Gasteiger partial charge in [0.15, 0.2) is 0 Å². The van der Waals surface area contributed by atoms with Gasteiger partial charge in [0.25, 0.3) is 5.69 Å². The zero-order valence-electron chi connectivity index (χ0n) is 13.5. The van der Waals surface area contributed by atoms with Crippen molar-refractivity contribution in [3.05, 3.63) is 58.4 Å². The summed E-state index contributed by atoms with van der Waals surface area (Å²) >= 11 is 1.52. The topological polar surface area (TPSA) is 81.5 Å². The number of methoxy groups -OCH3 is 1. The van der Waals surface area contributed by atoms with Crippen molar-refractivity contribution in [2.24, 2.45) is 0 Å². The number of ether oxygens (including phenoxy) is 1. The molecule has 0 unspecified atom stereocenters. The number of carbonyl (C=O) groups excluding carboxylic acids is 1. The van der Waals surface area contributed by atoms with E-state index >= 15 is 0 Å². The number of hydrogen-bond donors (Lipinski definition) is 1. The predicted octanol–water partition coefficient (Wildman–Crippen LogP) is 4.25. The highest BCUT2D eigenvalue weighted by molar-refractivity contribution is 7.99. The van der Waals surface area contributed by atoms with E-state index in [1.807, 2.05) is 0 Å². The maximum absolute atomic E-state index is 12.8. The number of carbonyl (C=O) groups is 1. The molecule has 8 heteroatoms. The predicted molar refractivity (Wildman–Crippen MR) is 94.6 cm³/mol. The summed E-state index contributed by atoms with van der Waals surface area (Å²) in [7, 11) is 1.41. The van der Waals surface area contributed by atoms with Gasteiger partial charge in [0, 0.05) is 11.3 Å². The van der Waals surface area contributed by atoms with Crippen molar-refractivity contribution in [1.29, 1.82) is 0 Å². The molecule has 0 aliphatic heterocycles. The zero-order valence-corrected chi connectivity index (χ0v) is 14.3. The van der Waals surface area contributed by atoms with Gasteiger partial charge >= 0.3 is 0 Å². The van der Waals surface area contributed by atoms with E-state index in [-0.39, 0.29) is 29.5 Å². The lowest BCUT2D eigenvalue weighted by Crippen LogP contribution is -2.12. The van der Waals surface area contributed by atoms with Crippen molar-refractivity contribution < 1.29 is 18.8 Å². The molecule has 0 aromatic heterocycles. The van der Waals surface area contributed by atoms with Crippen LogP contribution in [0.25, 0.3) is 0 Å². The van der Waals surface area contributed by atoms with Crippen molar-refractivity contribution in [1.82, 2.24) is 0 Å². The maximum Gasteiger partial charge on any atom is 0.296 e. The van der Waals surface area contributed by atoms with Crippen LogP contribution in [0.5, 0.6) is 5.75 Å². The molecular weight excluding hydrogens is 347 g/mol. The van der Waals surface area contributed by atoms with Crippen molar-refractivity contribution in [3.8, 4) is 5.75 Å². The summed E-state index contributed by atoms with van der Waals surface area (Å²) in [5.41, 5.74) is -0.0737. The summed E-state index contributed by atoms with van der Waals surface area (Å²) in [6.45, 7) is 0. The molecule has 1 amide bonds. The Hall–Kier alpha value is -2.61. The number of nitro benzene ring substituents is 1. The Bertz CT molecular complexity index is 753. The van der Waals surface area contributed by atoms with Crippen LogP contribution < -0.4 is 10.1 Å². The van der Waals surface area contributed by atoms with Crippen molar-refractivity contribution in [2.45, 2.75) is 17.7 Å². The van der Waals surface area contributed by atoms with Crippen LogP contribution in [0.2, 0.25) is 0 Å². The van der Waals surface area contributed by atoms with E-state index in [2.05, 4.69) is 5.32 Å². The Balaban J connectivity index is 1.84. The second-order valence-corrected chi connectivity index (χ2v) is 6.26. The van der Waals surface area contributed by atoms with Gasteiger partial charge in [-0.3, -0.25) is 14.9 Å². The van der Waals surface area contributed by atoms with E-state index in [1.165, 1.54) is 43.1 Å². The van der Waals surface area contributed by atoms with Crippen molar-refractivity contribution in [3.63, 3.8) is 0 Å². The molecule has 0 heterocycles. The summed E-state index contributed by atoms with van der Waals surface area (Å²) in [5.74, 6) is 0.446. The minimum absolute atomic E-state index is 0.141. The average Bonchev–Trinajstić information content (AvgIpc) is 2.60. The van der Waals surface area contributed by atoms with Gasteiger partial charge in [-0.25, -0.2) is 4.39 Å². The number of halogens is 1. The highest BCUT2D eigenvalue weighted by Gasteiger charge is 2.17. The van der Waals surface area contributed by atoms with E-state index in [4.69, 9.17) is 4.74 Å². The van der Waals surface area contributed by atoms with Gasteiger partial charge in [0.1, 0.15) is 17.3 Å². The molecule has 6 nitrogen and oxygen atoms in total. The summed E-state index contributed by atoms with van der Waals surface area (Å²) in [4.78, 5) is 23.4. The molecule has 0 saturated heterocycles. The SMILES string of the molecule is COc1ccc(NC(=O)CCCSc2ccc(F)cc2)c([N+](=O)[O-])c1. The Labute approximate surface area is 148 Å². The third-order valence-electron chi connectivity index (χ3n) is 3.31. The van der Waals surface area contributed by atoms with Crippen LogP contribution in [0, 0.1) is 15.9 Å². The molecule has 0 atom stereocenters. The molecule has 2 rings (SSSR count). The standard InChI is InChI=1S/C17H17FN2O4S/c1-24-13-6-9-15(16(11-13)20(22)23)19-17(21)3-2-10-25-14-7-4-12(18)5-8-14/h4-9,11H,2-3,10H2,1H3,(H,19,21). The van der Waals surface area contributed by atoms with Crippen LogP contribution >= 0.6 is 11.8 Å². The van der Waals surface area contributed by atoms with E-state index in [0.29, 0.717) is 17.9 Å². The van der Waals surface area contributed by atoms with Gasteiger partial charge in [-0.2, -0.15) is 0 Å². The van der Waals surface area contributed by atoms with Gasteiger partial charge < -0.3 is 10.1 Å². The quantitative estimate of drug-likeness (QED) is 0.328. The molecule has 132 valence electrons. The number of thioether (sulfide) groups is 1. The number of nitro groups is 1. The molecule has 25 heavy (non-hydrogen) atoms.